The van der Waals surface area contributed by atoms with Gasteiger partial charge in [-0.05, 0) is 49.1 Å². The standard InChI is InChI=1S/C20H24N6S/c1-11-8-14(25(5)23-11)17-22-18-16-13-7-6-12(20(2,3)4)9-15(13)27-19(16)21-10-26(18)24-17/h8,10,12H,6-7,9H2,1-5H3/t12-/m1/s1. The fraction of sp³-hybridized carbons (Fsp3) is 0.500. The van der Waals surface area contributed by atoms with Crippen molar-refractivity contribution in [2.24, 2.45) is 18.4 Å². The average molecular weight is 381 g/mol. The molecule has 0 aliphatic heterocycles. The quantitative estimate of drug-likeness (QED) is 0.496. The van der Waals surface area contributed by atoms with Crippen LogP contribution in [0.15, 0.2) is 12.4 Å². The van der Waals surface area contributed by atoms with Crippen LogP contribution in [0.25, 0.3) is 27.4 Å². The maximum absolute atomic E-state index is 4.89. The predicted molar refractivity (Wildman–Crippen MR) is 108 cm³/mol. The summed E-state index contributed by atoms with van der Waals surface area (Å²) in [6, 6.07) is 2.02. The maximum atomic E-state index is 4.89. The Morgan fingerprint density at radius 2 is 2.04 bits per heavy atom. The molecular formula is C20H24N6S. The molecule has 7 heteroatoms. The van der Waals surface area contributed by atoms with E-state index in [0.717, 1.165) is 40.6 Å². The van der Waals surface area contributed by atoms with E-state index in [1.54, 1.807) is 6.33 Å². The third-order valence-electron chi connectivity index (χ3n) is 5.84. The monoisotopic (exact) mass is 380 g/mol. The third-order valence-corrected chi connectivity index (χ3v) is 7.00. The van der Waals surface area contributed by atoms with Gasteiger partial charge in [-0.3, -0.25) is 4.68 Å². The second kappa shape index (κ2) is 5.61. The van der Waals surface area contributed by atoms with Crippen LogP contribution in [0.1, 0.15) is 43.3 Å². The molecule has 0 aromatic carbocycles. The molecule has 0 radical (unpaired) electrons. The fourth-order valence-electron chi connectivity index (χ4n) is 4.24. The summed E-state index contributed by atoms with van der Waals surface area (Å²) in [5.74, 6) is 1.43. The van der Waals surface area contributed by atoms with Gasteiger partial charge in [0.05, 0.1) is 11.1 Å². The van der Waals surface area contributed by atoms with Crippen LogP contribution in [0, 0.1) is 18.3 Å². The van der Waals surface area contributed by atoms with Gasteiger partial charge in [0, 0.05) is 11.9 Å². The van der Waals surface area contributed by atoms with Crippen molar-refractivity contribution >= 4 is 27.2 Å². The van der Waals surface area contributed by atoms with E-state index in [4.69, 9.17) is 9.97 Å². The van der Waals surface area contributed by atoms with Crippen LogP contribution in [0.5, 0.6) is 0 Å². The molecule has 0 saturated heterocycles. The van der Waals surface area contributed by atoms with Crippen molar-refractivity contribution < 1.29 is 0 Å². The largest absolute Gasteiger partial charge is 0.264 e. The number of hydrogen-bond donors (Lipinski definition) is 0. The Morgan fingerprint density at radius 3 is 2.74 bits per heavy atom. The number of rotatable bonds is 1. The number of fused-ring (bicyclic) bond motifs is 5. The molecule has 5 rings (SSSR count). The van der Waals surface area contributed by atoms with E-state index in [9.17, 15) is 0 Å². The first-order chi connectivity index (χ1) is 12.8. The fourth-order valence-corrected chi connectivity index (χ4v) is 5.50. The molecule has 0 saturated carbocycles. The number of aryl methyl sites for hydroxylation is 3. The average Bonchev–Trinajstić information content (AvgIpc) is 3.26. The highest BCUT2D eigenvalue weighted by Gasteiger charge is 2.31. The first-order valence-corrected chi connectivity index (χ1v) is 10.3. The Labute approximate surface area is 162 Å². The summed E-state index contributed by atoms with van der Waals surface area (Å²) < 4.78 is 3.66. The highest BCUT2D eigenvalue weighted by molar-refractivity contribution is 7.19. The molecule has 0 fully saturated rings. The van der Waals surface area contributed by atoms with Crippen LogP contribution in [0.3, 0.4) is 0 Å². The van der Waals surface area contributed by atoms with Crippen LogP contribution in [-0.4, -0.2) is 29.4 Å². The summed E-state index contributed by atoms with van der Waals surface area (Å²) >= 11 is 1.84. The van der Waals surface area contributed by atoms with Gasteiger partial charge in [0.15, 0.2) is 11.5 Å². The summed E-state index contributed by atoms with van der Waals surface area (Å²) in [5.41, 5.74) is 4.60. The van der Waals surface area contributed by atoms with Crippen LogP contribution >= 0.6 is 11.3 Å². The zero-order valence-corrected chi connectivity index (χ0v) is 17.3. The Kier molecular flexibility index (Phi) is 3.50. The Balaban J connectivity index is 1.68. The van der Waals surface area contributed by atoms with E-state index in [0.29, 0.717) is 11.2 Å². The second-order valence-corrected chi connectivity index (χ2v) is 9.82. The van der Waals surface area contributed by atoms with Crippen LogP contribution in [0.2, 0.25) is 0 Å². The van der Waals surface area contributed by atoms with E-state index in [1.807, 2.05) is 40.6 Å². The van der Waals surface area contributed by atoms with E-state index in [-0.39, 0.29) is 0 Å². The molecule has 0 bridgehead atoms. The Bertz CT molecular complexity index is 1170. The van der Waals surface area contributed by atoms with E-state index in [2.05, 4.69) is 31.0 Å². The van der Waals surface area contributed by atoms with Gasteiger partial charge in [0.25, 0.3) is 0 Å². The summed E-state index contributed by atoms with van der Waals surface area (Å²) in [5, 5.41) is 10.3. The van der Waals surface area contributed by atoms with Crippen LogP contribution in [-0.2, 0) is 19.9 Å². The van der Waals surface area contributed by atoms with Gasteiger partial charge in [-0.15, -0.1) is 16.4 Å². The van der Waals surface area contributed by atoms with Gasteiger partial charge in [-0.1, -0.05) is 20.8 Å². The third kappa shape index (κ3) is 2.59. The minimum atomic E-state index is 0.343. The molecule has 4 aromatic rings. The molecule has 1 aliphatic carbocycles. The Hall–Kier alpha value is -2.28. The van der Waals surface area contributed by atoms with Crippen molar-refractivity contribution in [3.05, 3.63) is 28.5 Å². The molecule has 1 atom stereocenters. The number of nitrogens with zero attached hydrogens (tertiary/aromatic N) is 6. The molecule has 0 N–H and O–H groups in total. The topological polar surface area (TPSA) is 60.9 Å². The minimum absolute atomic E-state index is 0.343. The first kappa shape index (κ1) is 16.9. The molecule has 140 valence electrons. The van der Waals surface area contributed by atoms with E-state index >= 15 is 0 Å². The van der Waals surface area contributed by atoms with Crippen LogP contribution < -0.4 is 0 Å². The van der Waals surface area contributed by atoms with Gasteiger partial charge >= 0.3 is 0 Å². The lowest BCUT2D eigenvalue weighted by molar-refractivity contribution is 0.218. The molecule has 4 heterocycles. The maximum Gasteiger partial charge on any atom is 0.200 e. The number of hydrogen-bond acceptors (Lipinski definition) is 5. The lowest BCUT2D eigenvalue weighted by Gasteiger charge is -2.33. The summed E-state index contributed by atoms with van der Waals surface area (Å²) in [6.07, 6.45) is 5.27. The molecule has 4 aromatic heterocycles. The van der Waals surface area contributed by atoms with Crippen molar-refractivity contribution in [3.63, 3.8) is 0 Å². The number of thiophene rings is 1. The molecular weight excluding hydrogens is 356 g/mol. The highest BCUT2D eigenvalue weighted by atomic mass is 32.1. The summed E-state index contributed by atoms with van der Waals surface area (Å²) in [4.78, 5) is 12.2. The van der Waals surface area contributed by atoms with Crippen molar-refractivity contribution in [1.29, 1.82) is 0 Å². The molecule has 0 unspecified atom stereocenters. The smallest absolute Gasteiger partial charge is 0.200 e. The lowest BCUT2D eigenvalue weighted by atomic mass is 9.72. The minimum Gasteiger partial charge on any atom is -0.264 e. The van der Waals surface area contributed by atoms with Crippen molar-refractivity contribution in [1.82, 2.24) is 29.4 Å². The summed E-state index contributed by atoms with van der Waals surface area (Å²) in [6.45, 7) is 9.05. The second-order valence-electron chi connectivity index (χ2n) is 8.73. The zero-order chi connectivity index (χ0) is 18.9. The molecule has 27 heavy (non-hydrogen) atoms. The predicted octanol–water partition coefficient (Wildman–Crippen LogP) is 4.20. The Morgan fingerprint density at radius 1 is 1.22 bits per heavy atom. The van der Waals surface area contributed by atoms with Crippen molar-refractivity contribution in [3.8, 4) is 11.5 Å². The van der Waals surface area contributed by atoms with Crippen molar-refractivity contribution in [2.45, 2.75) is 47.0 Å². The van der Waals surface area contributed by atoms with Gasteiger partial charge in [0.1, 0.15) is 16.9 Å². The normalized spacial score (nSPS) is 17.7. The summed E-state index contributed by atoms with van der Waals surface area (Å²) in [7, 11) is 1.93. The lowest BCUT2D eigenvalue weighted by Crippen LogP contribution is -2.26. The van der Waals surface area contributed by atoms with Gasteiger partial charge in [0.2, 0.25) is 0 Å². The van der Waals surface area contributed by atoms with Gasteiger partial charge in [-0.25, -0.2) is 14.5 Å². The van der Waals surface area contributed by atoms with Crippen molar-refractivity contribution in [2.75, 3.05) is 0 Å². The van der Waals surface area contributed by atoms with Gasteiger partial charge < -0.3 is 0 Å². The number of aromatic nitrogens is 6. The zero-order valence-electron chi connectivity index (χ0n) is 16.4. The molecule has 0 spiro atoms. The molecule has 0 amide bonds. The van der Waals surface area contributed by atoms with Gasteiger partial charge in [-0.2, -0.15) is 5.10 Å². The van der Waals surface area contributed by atoms with E-state index in [1.165, 1.54) is 22.2 Å². The first-order valence-electron chi connectivity index (χ1n) is 9.48. The SMILES string of the molecule is Cc1cc(-c2nc3c4c5c(sc4ncn3n2)C[C@H](C(C)(C)C)CC5)n(C)n1. The molecule has 1 aliphatic rings. The van der Waals surface area contributed by atoms with Crippen LogP contribution in [0.4, 0.5) is 0 Å². The molecule has 6 nitrogen and oxygen atoms in total. The van der Waals surface area contributed by atoms with E-state index < -0.39 is 0 Å². The highest BCUT2D eigenvalue weighted by Crippen LogP contribution is 2.43.